The number of nitrogens with one attached hydrogen (secondary N) is 2. The number of carbonyl (C=O) groups excluding carboxylic acids is 2. The minimum Gasteiger partial charge on any atom is -0.365 e. The Bertz CT molecular complexity index is 1300. The standard InChI is InChI=1S/C22H21BrF3N5O2S2/c1-9-4-5-10-13(7-9)35-21(15(10)18(27)32)29-20(33)17-16(23)19-28-11(12-3-2-6-34-12)8-14(22(24,25)26)31(19)30-17/h2-3,6,9,11,14,28H,4-5,7-8H2,1H3,(H2,27,32)(H,29,33). The molecule has 186 valence electrons. The van der Waals surface area contributed by atoms with Crippen LogP contribution in [0.4, 0.5) is 24.0 Å². The third kappa shape index (κ3) is 4.38. The van der Waals surface area contributed by atoms with Crippen molar-refractivity contribution in [3.8, 4) is 0 Å². The summed E-state index contributed by atoms with van der Waals surface area (Å²) in [7, 11) is 0. The van der Waals surface area contributed by atoms with Crippen LogP contribution >= 0.6 is 38.6 Å². The second-order valence-electron chi connectivity index (χ2n) is 8.84. The second kappa shape index (κ2) is 8.93. The number of halogens is 4. The van der Waals surface area contributed by atoms with Gasteiger partial charge in [0.15, 0.2) is 11.7 Å². The molecule has 1 aliphatic heterocycles. The van der Waals surface area contributed by atoms with Crippen LogP contribution in [-0.2, 0) is 12.8 Å². The van der Waals surface area contributed by atoms with E-state index in [0.717, 1.165) is 32.8 Å². The van der Waals surface area contributed by atoms with Gasteiger partial charge in [-0.3, -0.25) is 9.59 Å². The number of thiophene rings is 2. The van der Waals surface area contributed by atoms with E-state index in [1.807, 2.05) is 0 Å². The van der Waals surface area contributed by atoms with Crippen LogP contribution in [0.2, 0.25) is 0 Å². The lowest BCUT2D eigenvalue weighted by Gasteiger charge is -2.33. The molecule has 3 unspecified atom stereocenters. The average molecular weight is 588 g/mol. The van der Waals surface area contributed by atoms with E-state index in [1.54, 1.807) is 17.5 Å². The van der Waals surface area contributed by atoms with Crippen molar-refractivity contribution in [2.45, 2.75) is 50.9 Å². The normalized spacial score (nSPS) is 21.7. The van der Waals surface area contributed by atoms with Gasteiger partial charge in [0.1, 0.15) is 10.8 Å². The minimum atomic E-state index is -4.56. The van der Waals surface area contributed by atoms with Crippen LogP contribution in [0.15, 0.2) is 22.0 Å². The molecule has 7 nitrogen and oxygen atoms in total. The van der Waals surface area contributed by atoms with Gasteiger partial charge in [-0.2, -0.15) is 18.3 Å². The number of alkyl halides is 3. The average Bonchev–Trinajstić information content (AvgIpc) is 3.50. The number of rotatable bonds is 4. The van der Waals surface area contributed by atoms with Crippen molar-refractivity contribution in [1.29, 1.82) is 0 Å². The van der Waals surface area contributed by atoms with Crippen LogP contribution in [0.1, 0.15) is 68.0 Å². The SMILES string of the molecule is CC1CCc2c(sc(NC(=O)c3nn4c(c3Br)NC(c3cccs3)CC4C(F)(F)F)c2C(N)=O)C1. The highest BCUT2D eigenvalue weighted by atomic mass is 79.9. The van der Waals surface area contributed by atoms with Gasteiger partial charge < -0.3 is 16.4 Å². The molecule has 3 aromatic rings. The fourth-order valence-corrected chi connectivity index (χ4v) is 7.43. The Balaban J connectivity index is 1.50. The predicted molar refractivity (Wildman–Crippen MR) is 132 cm³/mol. The number of fused-ring (bicyclic) bond motifs is 2. The van der Waals surface area contributed by atoms with Gasteiger partial charge in [0.05, 0.1) is 16.1 Å². The summed E-state index contributed by atoms with van der Waals surface area (Å²) in [6, 6.07) is 1.07. The van der Waals surface area contributed by atoms with Crippen molar-refractivity contribution in [2.24, 2.45) is 11.7 Å². The molecule has 0 saturated heterocycles. The van der Waals surface area contributed by atoms with Crippen molar-refractivity contribution >= 4 is 61.2 Å². The molecule has 3 aromatic heterocycles. The zero-order valence-corrected chi connectivity index (χ0v) is 21.6. The number of nitrogens with two attached hydrogens (primary N) is 1. The lowest BCUT2D eigenvalue weighted by atomic mass is 9.88. The number of primary amides is 1. The predicted octanol–water partition coefficient (Wildman–Crippen LogP) is 5.90. The zero-order chi connectivity index (χ0) is 25.1. The Hall–Kier alpha value is -2.38. The molecule has 0 bridgehead atoms. The third-order valence-corrected chi connectivity index (χ3v) is 9.29. The lowest BCUT2D eigenvalue weighted by molar-refractivity contribution is -0.173. The van der Waals surface area contributed by atoms with Crippen LogP contribution in [-0.4, -0.2) is 27.8 Å². The quantitative estimate of drug-likeness (QED) is 0.353. The first-order valence-corrected chi connectivity index (χ1v) is 13.4. The number of hydrogen-bond acceptors (Lipinski definition) is 6. The topological polar surface area (TPSA) is 102 Å². The third-order valence-electron chi connectivity index (χ3n) is 6.38. The Labute approximate surface area is 215 Å². The summed E-state index contributed by atoms with van der Waals surface area (Å²) in [5.74, 6) is -0.839. The molecule has 1 aliphatic carbocycles. The molecule has 0 spiro atoms. The fourth-order valence-electron chi connectivity index (χ4n) is 4.67. The van der Waals surface area contributed by atoms with Gasteiger partial charge in [-0.15, -0.1) is 22.7 Å². The zero-order valence-electron chi connectivity index (χ0n) is 18.4. The molecular formula is C22H21BrF3N5O2S2. The molecule has 3 atom stereocenters. The van der Waals surface area contributed by atoms with Crippen LogP contribution in [0, 0.1) is 5.92 Å². The highest BCUT2D eigenvalue weighted by molar-refractivity contribution is 9.10. The molecule has 13 heteroatoms. The van der Waals surface area contributed by atoms with Gasteiger partial charge in [-0.05, 0) is 58.1 Å². The Morgan fingerprint density at radius 1 is 1.37 bits per heavy atom. The van der Waals surface area contributed by atoms with Crippen molar-refractivity contribution in [1.82, 2.24) is 9.78 Å². The van der Waals surface area contributed by atoms with Crippen molar-refractivity contribution in [3.05, 3.63) is 48.6 Å². The van der Waals surface area contributed by atoms with E-state index >= 15 is 0 Å². The summed E-state index contributed by atoms with van der Waals surface area (Å²) < 4.78 is 42.9. The highest BCUT2D eigenvalue weighted by Crippen LogP contribution is 2.47. The first-order chi connectivity index (χ1) is 16.5. The van der Waals surface area contributed by atoms with Crippen LogP contribution in [0.5, 0.6) is 0 Å². The van der Waals surface area contributed by atoms with Gasteiger partial charge in [0, 0.05) is 16.2 Å². The highest BCUT2D eigenvalue weighted by Gasteiger charge is 2.48. The first kappa shape index (κ1) is 24.3. The number of amides is 2. The summed E-state index contributed by atoms with van der Waals surface area (Å²) in [4.78, 5) is 27.2. The summed E-state index contributed by atoms with van der Waals surface area (Å²) in [5, 5.41) is 11.9. The maximum absolute atomic E-state index is 14.0. The van der Waals surface area contributed by atoms with Crippen LogP contribution < -0.4 is 16.4 Å². The van der Waals surface area contributed by atoms with Gasteiger partial charge in [0.25, 0.3) is 11.8 Å². The number of hydrogen-bond donors (Lipinski definition) is 3. The van der Waals surface area contributed by atoms with Gasteiger partial charge >= 0.3 is 6.18 Å². The summed E-state index contributed by atoms with van der Waals surface area (Å²) in [6.45, 7) is 2.12. The molecule has 2 amide bonds. The Kier molecular flexibility index (Phi) is 6.20. The summed E-state index contributed by atoms with van der Waals surface area (Å²) >= 11 is 5.93. The van der Waals surface area contributed by atoms with Crippen molar-refractivity contribution in [2.75, 3.05) is 10.6 Å². The van der Waals surface area contributed by atoms with Crippen molar-refractivity contribution in [3.63, 3.8) is 0 Å². The first-order valence-electron chi connectivity index (χ1n) is 10.9. The molecule has 0 aromatic carbocycles. The number of carbonyl (C=O) groups is 2. The maximum atomic E-state index is 14.0. The molecule has 4 heterocycles. The fraction of sp³-hybridized carbons (Fsp3) is 0.409. The number of anilines is 2. The Morgan fingerprint density at radius 3 is 2.80 bits per heavy atom. The Morgan fingerprint density at radius 2 is 2.14 bits per heavy atom. The van der Waals surface area contributed by atoms with Gasteiger partial charge in [-0.25, -0.2) is 4.68 Å². The molecule has 35 heavy (non-hydrogen) atoms. The lowest BCUT2D eigenvalue weighted by Crippen LogP contribution is -2.35. The van der Waals surface area contributed by atoms with Gasteiger partial charge in [0.2, 0.25) is 0 Å². The molecule has 0 radical (unpaired) electrons. The minimum absolute atomic E-state index is 0.0801. The smallest absolute Gasteiger partial charge is 0.365 e. The molecule has 4 N–H and O–H groups in total. The van der Waals surface area contributed by atoms with Crippen molar-refractivity contribution < 1.29 is 22.8 Å². The number of aromatic nitrogens is 2. The second-order valence-corrected chi connectivity index (χ2v) is 11.7. The van der Waals surface area contributed by atoms with E-state index in [-0.39, 0.29) is 28.0 Å². The monoisotopic (exact) mass is 587 g/mol. The van der Waals surface area contributed by atoms with Crippen LogP contribution in [0.25, 0.3) is 0 Å². The summed E-state index contributed by atoms with van der Waals surface area (Å²) in [5.41, 5.74) is 6.53. The molecule has 0 fully saturated rings. The van der Waals surface area contributed by atoms with E-state index in [2.05, 4.69) is 38.6 Å². The number of nitrogens with zero attached hydrogens (tertiary/aromatic N) is 2. The van der Waals surface area contributed by atoms with Crippen LogP contribution in [0.3, 0.4) is 0 Å². The molecule has 2 aliphatic rings. The molecule has 0 saturated carbocycles. The maximum Gasteiger partial charge on any atom is 0.410 e. The molecular weight excluding hydrogens is 567 g/mol. The van der Waals surface area contributed by atoms with E-state index in [4.69, 9.17) is 5.73 Å². The summed E-state index contributed by atoms with van der Waals surface area (Å²) in [6.07, 6.45) is -2.44. The van der Waals surface area contributed by atoms with E-state index < -0.39 is 30.1 Å². The largest absolute Gasteiger partial charge is 0.410 e. The van der Waals surface area contributed by atoms with E-state index in [1.165, 1.54) is 22.7 Å². The van der Waals surface area contributed by atoms with E-state index in [0.29, 0.717) is 17.3 Å². The van der Waals surface area contributed by atoms with Gasteiger partial charge in [-0.1, -0.05) is 13.0 Å². The van der Waals surface area contributed by atoms with E-state index in [9.17, 15) is 22.8 Å². The molecule has 5 rings (SSSR count).